The largest absolute Gasteiger partial charge is 0.352 e. The number of hydrogen-bond acceptors (Lipinski definition) is 2. The highest BCUT2D eigenvalue weighted by Crippen LogP contribution is 2.27. The van der Waals surface area contributed by atoms with Crippen molar-refractivity contribution < 1.29 is 4.79 Å². The first-order chi connectivity index (χ1) is 8.16. The van der Waals surface area contributed by atoms with Crippen LogP contribution in [0.25, 0.3) is 0 Å². The number of alkyl halides is 1. The second-order valence-corrected chi connectivity index (χ2v) is 5.23. The van der Waals surface area contributed by atoms with Crippen molar-refractivity contribution in [3.63, 3.8) is 0 Å². The number of carbonyl (C=O) groups is 1. The summed E-state index contributed by atoms with van der Waals surface area (Å²) < 4.78 is 1.62. The molecule has 4 nitrogen and oxygen atoms in total. The highest BCUT2D eigenvalue weighted by Gasteiger charge is 2.23. The summed E-state index contributed by atoms with van der Waals surface area (Å²) in [6.45, 7) is 0.669. The molecular weight excluding hydrogens is 238 g/mol. The van der Waals surface area contributed by atoms with Crippen LogP contribution in [0.5, 0.6) is 0 Å². The molecule has 1 heterocycles. The van der Waals surface area contributed by atoms with Gasteiger partial charge in [-0.1, -0.05) is 12.8 Å². The third-order valence-electron chi connectivity index (χ3n) is 3.31. The summed E-state index contributed by atoms with van der Waals surface area (Å²) in [5, 5.41) is 7.12. The second kappa shape index (κ2) is 5.54. The van der Waals surface area contributed by atoms with Gasteiger partial charge in [-0.2, -0.15) is 5.10 Å². The van der Waals surface area contributed by atoms with Crippen LogP contribution in [0, 0.1) is 5.92 Å². The van der Waals surface area contributed by atoms with Crippen LogP contribution in [0.2, 0.25) is 0 Å². The maximum absolute atomic E-state index is 11.8. The summed E-state index contributed by atoms with van der Waals surface area (Å²) in [6.07, 6.45) is 7.90. The van der Waals surface area contributed by atoms with Gasteiger partial charge in [-0.3, -0.25) is 9.48 Å². The van der Waals surface area contributed by atoms with Gasteiger partial charge < -0.3 is 5.32 Å². The molecule has 0 radical (unpaired) electrons. The van der Waals surface area contributed by atoms with Gasteiger partial charge in [0.1, 0.15) is 0 Å². The number of nitrogens with zero attached hydrogens (tertiary/aromatic N) is 2. The molecule has 0 spiro atoms. The van der Waals surface area contributed by atoms with Gasteiger partial charge in [0.05, 0.1) is 11.8 Å². The van der Waals surface area contributed by atoms with Crippen molar-refractivity contribution in [3.8, 4) is 0 Å². The molecule has 1 aromatic rings. The molecule has 1 aliphatic carbocycles. The van der Waals surface area contributed by atoms with E-state index in [4.69, 9.17) is 11.6 Å². The van der Waals surface area contributed by atoms with E-state index in [9.17, 15) is 4.79 Å². The van der Waals surface area contributed by atoms with Gasteiger partial charge in [0.15, 0.2) is 0 Å². The molecule has 0 bridgehead atoms. The third-order valence-corrected chi connectivity index (χ3v) is 3.88. The van der Waals surface area contributed by atoms with Gasteiger partial charge in [0.25, 0.3) is 5.91 Å². The van der Waals surface area contributed by atoms with E-state index >= 15 is 0 Å². The lowest BCUT2D eigenvalue weighted by Gasteiger charge is -2.26. The molecule has 0 saturated heterocycles. The number of aryl methyl sites for hydroxylation is 1. The van der Waals surface area contributed by atoms with Crippen LogP contribution in [-0.2, 0) is 7.05 Å². The van der Waals surface area contributed by atoms with E-state index in [0.29, 0.717) is 18.0 Å². The zero-order valence-electron chi connectivity index (χ0n) is 10.0. The zero-order chi connectivity index (χ0) is 12.3. The average Bonchev–Trinajstić information content (AvgIpc) is 2.74. The fraction of sp³-hybridized carbons (Fsp3) is 0.667. The predicted octanol–water partition coefficient (Wildman–Crippen LogP) is 1.95. The number of halogens is 1. The quantitative estimate of drug-likeness (QED) is 0.840. The van der Waals surface area contributed by atoms with Crippen LogP contribution < -0.4 is 5.32 Å². The summed E-state index contributed by atoms with van der Waals surface area (Å²) in [5.41, 5.74) is 0.606. The number of nitrogens with one attached hydrogen (secondary N) is 1. The Morgan fingerprint density at radius 1 is 1.59 bits per heavy atom. The molecule has 1 aromatic heterocycles. The first-order valence-electron chi connectivity index (χ1n) is 6.07. The predicted molar refractivity (Wildman–Crippen MR) is 67.1 cm³/mol. The first kappa shape index (κ1) is 12.4. The molecule has 0 aromatic carbocycles. The third kappa shape index (κ3) is 3.22. The van der Waals surface area contributed by atoms with Gasteiger partial charge in [0, 0.05) is 25.2 Å². The summed E-state index contributed by atoms with van der Waals surface area (Å²) in [4.78, 5) is 11.8. The van der Waals surface area contributed by atoms with Crippen molar-refractivity contribution in [2.45, 2.75) is 31.1 Å². The van der Waals surface area contributed by atoms with Gasteiger partial charge in [-0.15, -0.1) is 11.6 Å². The standard InChI is InChI=1S/C12H18ClN3O/c1-16-8-10(7-15-16)12(17)14-6-9-4-2-3-5-11(9)13/h7-9,11H,2-6H2,1H3,(H,14,17). The molecule has 17 heavy (non-hydrogen) atoms. The maximum Gasteiger partial charge on any atom is 0.254 e. The Morgan fingerprint density at radius 2 is 2.35 bits per heavy atom. The molecule has 94 valence electrons. The number of amides is 1. The Morgan fingerprint density at radius 3 is 3.00 bits per heavy atom. The molecule has 0 aliphatic heterocycles. The molecular formula is C12H18ClN3O. The van der Waals surface area contributed by atoms with E-state index in [1.807, 2.05) is 0 Å². The summed E-state index contributed by atoms with van der Waals surface area (Å²) in [6, 6.07) is 0. The fourth-order valence-corrected chi connectivity index (χ4v) is 2.63. The summed E-state index contributed by atoms with van der Waals surface area (Å²) >= 11 is 6.25. The molecule has 1 amide bonds. The minimum Gasteiger partial charge on any atom is -0.352 e. The number of aromatic nitrogens is 2. The Hall–Kier alpha value is -1.03. The number of hydrogen-bond donors (Lipinski definition) is 1. The molecule has 1 fully saturated rings. The number of carbonyl (C=O) groups excluding carboxylic acids is 1. The molecule has 2 atom stereocenters. The Bertz CT molecular complexity index is 391. The van der Waals surface area contributed by atoms with Crippen molar-refractivity contribution in [3.05, 3.63) is 18.0 Å². The lowest BCUT2D eigenvalue weighted by atomic mass is 9.89. The molecule has 2 rings (SSSR count). The van der Waals surface area contributed by atoms with Crippen LogP contribution in [0.15, 0.2) is 12.4 Å². The summed E-state index contributed by atoms with van der Waals surface area (Å²) in [5.74, 6) is 0.346. The highest BCUT2D eigenvalue weighted by molar-refractivity contribution is 6.20. The van der Waals surface area contributed by atoms with Crippen LogP contribution in [0.3, 0.4) is 0 Å². The number of rotatable bonds is 3. The van der Waals surface area contributed by atoms with Gasteiger partial charge in [-0.25, -0.2) is 0 Å². The fourth-order valence-electron chi connectivity index (χ4n) is 2.26. The smallest absolute Gasteiger partial charge is 0.254 e. The van der Waals surface area contributed by atoms with Crippen molar-refractivity contribution in [2.75, 3.05) is 6.54 Å². The Kier molecular flexibility index (Phi) is 4.05. The van der Waals surface area contributed by atoms with Gasteiger partial charge >= 0.3 is 0 Å². The van der Waals surface area contributed by atoms with Gasteiger partial charge in [0.2, 0.25) is 0 Å². The molecule has 1 N–H and O–H groups in total. The van der Waals surface area contributed by atoms with Crippen LogP contribution in [-0.4, -0.2) is 27.6 Å². The topological polar surface area (TPSA) is 46.9 Å². The Labute approximate surface area is 106 Å². The average molecular weight is 256 g/mol. The van der Waals surface area contributed by atoms with E-state index in [-0.39, 0.29) is 11.3 Å². The monoisotopic (exact) mass is 255 g/mol. The van der Waals surface area contributed by atoms with E-state index < -0.39 is 0 Å². The molecule has 5 heteroatoms. The van der Waals surface area contributed by atoms with Crippen molar-refractivity contribution in [2.24, 2.45) is 13.0 Å². The zero-order valence-corrected chi connectivity index (χ0v) is 10.8. The van der Waals surface area contributed by atoms with Crippen molar-refractivity contribution in [1.82, 2.24) is 15.1 Å². The minimum atomic E-state index is -0.0625. The SMILES string of the molecule is Cn1cc(C(=O)NCC2CCCCC2Cl)cn1. The summed E-state index contributed by atoms with van der Waals surface area (Å²) in [7, 11) is 1.80. The first-order valence-corrected chi connectivity index (χ1v) is 6.51. The highest BCUT2D eigenvalue weighted by atomic mass is 35.5. The van der Waals surface area contributed by atoms with E-state index in [1.165, 1.54) is 12.8 Å². The Balaban J connectivity index is 1.83. The molecule has 1 saturated carbocycles. The molecule has 1 aliphatic rings. The van der Waals surface area contributed by atoms with Crippen LogP contribution >= 0.6 is 11.6 Å². The second-order valence-electron chi connectivity index (χ2n) is 4.67. The van der Waals surface area contributed by atoms with Gasteiger partial charge in [-0.05, 0) is 18.8 Å². The van der Waals surface area contributed by atoms with Crippen molar-refractivity contribution >= 4 is 17.5 Å². The maximum atomic E-state index is 11.8. The van der Waals surface area contributed by atoms with E-state index in [1.54, 1.807) is 24.1 Å². The van der Waals surface area contributed by atoms with Crippen LogP contribution in [0.1, 0.15) is 36.0 Å². The van der Waals surface area contributed by atoms with E-state index in [2.05, 4.69) is 10.4 Å². The normalized spacial score (nSPS) is 24.6. The lowest BCUT2D eigenvalue weighted by Crippen LogP contribution is -2.34. The van der Waals surface area contributed by atoms with Crippen molar-refractivity contribution in [1.29, 1.82) is 0 Å². The van der Waals surface area contributed by atoms with Crippen LogP contribution in [0.4, 0.5) is 0 Å². The van der Waals surface area contributed by atoms with E-state index in [0.717, 1.165) is 12.8 Å². The lowest BCUT2D eigenvalue weighted by molar-refractivity contribution is 0.0944. The minimum absolute atomic E-state index is 0.0625. The molecule has 2 unspecified atom stereocenters.